The molecule has 1 N–H and O–H groups in total. The van der Waals surface area contributed by atoms with Crippen LogP contribution < -0.4 is 10.2 Å². The summed E-state index contributed by atoms with van der Waals surface area (Å²) in [6, 6.07) is 23.2. The number of hydrogen-bond acceptors (Lipinski definition) is 3. The van der Waals surface area contributed by atoms with Crippen LogP contribution in [0.1, 0.15) is 43.0 Å². The van der Waals surface area contributed by atoms with Crippen LogP contribution in [0.3, 0.4) is 0 Å². The van der Waals surface area contributed by atoms with Crippen LogP contribution in [0, 0.1) is 13.8 Å². The number of rotatable bonds is 4. The number of anilines is 2. The van der Waals surface area contributed by atoms with E-state index in [1.165, 1.54) is 10.5 Å². The number of hydrogen-bond donors (Lipinski definition) is 1. The van der Waals surface area contributed by atoms with E-state index in [-0.39, 0.29) is 17.2 Å². The summed E-state index contributed by atoms with van der Waals surface area (Å²) in [4.78, 5) is 28.4. The summed E-state index contributed by atoms with van der Waals surface area (Å²) >= 11 is 0. The Morgan fingerprint density at radius 2 is 1.44 bits per heavy atom. The Morgan fingerprint density at radius 3 is 2.06 bits per heavy atom. The Morgan fingerprint density at radius 1 is 0.781 bits per heavy atom. The number of carbonyl (C=O) groups is 2. The Kier molecular flexibility index (Phi) is 5.47. The molecule has 0 spiro atoms. The molecule has 0 fully saturated rings. The van der Waals surface area contributed by atoms with Gasteiger partial charge in [0.2, 0.25) is 0 Å². The maximum Gasteiger partial charge on any atom is 0.282 e. The first kappa shape index (κ1) is 21.6. The normalized spacial score (nSPS) is 14.3. The second-order valence-electron chi connectivity index (χ2n) is 9.30. The molecule has 2 amide bonds. The number of amides is 2. The first-order valence-corrected chi connectivity index (χ1v) is 10.8. The smallest absolute Gasteiger partial charge is 0.282 e. The summed E-state index contributed by atoms with van der Waals surface area (Å²) in [7, 11) is 0. The predicted octanol–water partition coefficient (Wildman–Crippen LogP) is 6.00. The monoisotopic (exact) mass is 424 g/mol. The highest BCUT2D eigenvalue weighted by molar-refractivity contribution is 6.46. The molecule has 0 aromatic heterocycles. The number of benzene rings is 3. The van der Waals surface area contributed by atoms with Crippen molar-refractivity contribution in [2.75, 3.05) is 10.2 Å². The van der Waals surface area contributed by atoms with E-state index in [2.05, 4.69) is 38.2 Å². The number of aryl methyl sites for hydroxylation is 2. The highest BCUT2D eigenvalue weighted by Crippen LogP contribution is 2.35. The maximum absolute atomic E-state index is 13.6. The minimum absolute atomic E-state index is 0.0334. The molecule has 0 saturated heterocycles. The summed E-state index contributed by atoms with van der Waals surface area (Å²) in [5, 5.41) is 3.25. The van der Waals surface area contributed by atoms with Crippen molar-refractivity contribution in [1.29, 1.82) is 0 Å². The molecule has 0 atom stereocenters. The minimum Gasteiger partial charge on any atom is -0.350 e. The van der Waals surface area contributed by atoms with Crippen LogP contribution in [0.2, 0.25) is 0 Å². The van der Waals surface area contributed by atoms with Gasteiger partial charge >= 0.3 is 0 Å². The lowest BCUT2D eigenvalue weighted by Gasteiger charge is -2.20. The van der Waals surface area contributed by atoms with Gasteiger partial charge in [0.05, 0.1) is 11.3 Å². The third-order valence-electron chi connectivity index (χ3n) is 5.77. The van der Waals surface area contributed by atoms with Gasteiger partial charge in [0.25, 0.3) is 11.8 Å². The Balaban J connectivity index is 1.79. The highest BCUT2D eigenvalue weighted by atomic mass is 16.2. The zero-order valence-corrected chi connectivity index (χ0v) is 19.2. The van der Waals surface area contributed by atoms with Gasteiger partial charge in [-0.05, 0) is 59.7 Å². The molecule has 3 aromatic rings. The van der Waals surface area contributed by atoms with E-state index < -0.39 is 0 Å². The van der Waals surface area contributed by atoms with Crippen LogP contribution in [-0.4, -0.2) is 11.8 Å². The molecular weight excluding hydrogens is 396 g/mol. The molecule has 0 saturated carbocycles. The molecule has 162 valence electrons. The SMILES string of the molecule is Cc1ccc(C)c(N2C(=O)C(Nc3ccc(C(C)(C)C)cc3)=C(c3ccccc3)C2=O)c1. The molecule has 0 bridgehead atoms. The van der Waals surface area contributed by atoms with Gasteiger partial charge in [-0.3, -0.25) is 9.59 Å². The fourth-order valence-corrected chi connectivity index (χ4v) is 3.90. The van der Waals surface area contributed by atoms with Gasteiger partial charge in [0.15, 0.2) is 0 Å². The lowest BCUT2D eigenvalue weighted by Crippen LogP contribution is -2.33. The van der Waals surface area contributed by atoms with Crippen LogP contribution in [0.25, 0.3) is 5.57 Å². The molecule has 1 aliphatic heterocycles. The van der Waals surface area contributed by atoms with Crippen molar-refractivity contribution >= 4 is 28.8 Å². The molecule has 4 nitrogen and oxygen atoms in total. The number of nitrogens with zero attached hydrogens (tertiary/aromatic N) is 1. The number of imide groups is 1. The second-order valence-corrected chi connectivity index (χ2v) is 9.30. The molecule has 1 aliphatic rings. The lowest BCUT2D eigenvalue weighted by atomic mass is 9.87. The highest BCUT2D eigenvalue weighted by Gasteiger charge is 2.40. The first-order chi connectivity index (χ1) is 15.2. The zero-order valence-electron chi connectivity index (χ0n) is 19.2. The largest absolute Gasteiger partial charge is 0.350 e. The summed E-state index contributed by atoms with van der Waals surface area (Å²) in [6.07, 6.45) is 0. The van der Waals surface area contributed by atoms with Gasteiger partial charge in [-0.15, -0.1) is 0 Å². The summed E-state index contributed by atoms with van der Waals surface area (Å²) in [5.74, 6) is -0.661. The minimum atomic E-state index is -0.345. The van der Waals surface area contributed by atoms with Crippen LogP contribution in [-0.2, 0) is 15.0 Å². The number of carbonyl (C=O) groups excluding carboxylic acids is 2. The van der Waals surface area contributed by atoms with Crippen LogP contribution in [0.15, 0.2) is 78.5 Å². The van der Waals surface area contributed by atoms with E-state index in [9.17, 15) is 9.59 Å². The number of nitrogens with one attached hydrogen (secondary N) is 1. The van der Waals surface area contributed by atoms with Crippen LogP contribution in [0.4, 0.5) is 11.4 Å². The fraction of sp³-hybridized carbons (Fsp3) is 0.214. The summed E-state index contributed by atoms with van der Waals surface area (Å²) in [6.45, 7) is 10.3. The van der Waals surface area contributed by atoms with E-state index in [1.54, 1.807) is 0 Å². The van der Waals surface area contributed by atoms with Crippen molar-refractivity contribution < 1.29 is 9.59 Å². The van der Waals surface area contributed by atoms with Crippen molar-refractivity contribution in [3.8, 4) is 0 Å². The topological polar surface area (TPSA) is 49.4 Å². The Labute approximate surface area is 189 Å². The lowest BCUT2D eigenvalue weighted by molar-refractivity contribution is -0.120. The maximum atomic E-state index is 13.6. The van der Waals surface area contributed by atoms with Gasteiger partial charge in [-0.2, -0.15) is 0 Å². The molecule has 3 aromatic carbocycles. The van der Waals surface area contributed by atoms with Gasteiger partial charge in [-0.1, -0.05) is 75.4 Å². The Bertz CT molecular complexity index is 1220. The standard InChI is InChI=1S/C28H28N2O2/c1-18-11-12-19(2)23(17-18)30-26(31)24(20-9-7-6-8-10-20)25(27(30)32)29-22-15-13-21(14-16-22)28(3,4)5/h6-17,29H,1-5H3. The van der Waals surface area contributed by atoms with E-state index in [1.807, 2.05) is 74.5 Å². The van der Waals surface area contributed by atoms with Crippen molar-refractivity contribution in [1.82, 2.24) is 0 Å². The quantitative estimate of drug-likeness (QED) is 0.523. The molecule has 0 aliphatic carbocycles. The third kappa shape index (κ3) is 3.96. The molecular formula is C28H28N2O2. The third-order valence-corrected chi connectivity index (χ3v) is 5.77. The van der Waals surface area contributed by atoms with Crippen molar-refractivity contribution in [2.45, 2.75) is 40.0 Å². The molecule has 4 heteroatoms. The van der Waals surface area contributed by atoms with Gasteiger partial charge in [0.1, 0.15) is 5.70 Å². The summed E-state index contributed by atoms with van der Waals surface area (Å²) < 4.78 is 0. The molecule has 1 heterocycles. The zero-order chi connectivity index (χ0) is 23.0. The van der Waals surface area contributed by atoms with E-state index in [0.717, 1.165) is 16.8 Å². The predicted molar refractivity (Wildman–Crippen MR) is 131 cm³/mol. The van der Waals surface area contributed by atoms with E-state index in [0.29, 0.717) is 22.5 Å². The van der Waals surface area contributed by atoms with Gasteiger partial charge in [0, 0.05) is 5.69 Å². The molecule has 4 rings (SSSR count). The first-order valence-electron chi connectivity index (χ1n) is 10.8. The molecule has 0 unspecified atom stereocenters. The second kappa shape index (κ2) is 8.12. The summed E-state index contributed by atoms with van der Waals surface area (Å²) in [5.41, 5.74) is 5.89. The van der Waals surface area contributed by atoms with Crippen LogP contribution in [0.5, 0.6) is 0 Å². The van der Waals surface area contributed by atoms with E-state index >= 15 is 0 Å². The molecule has 32 heavy (non-hydrogen) atoms. The average molecular weight is 425 g/mol. The van der Waals surface area contributed by atoms with Crippen molar-refractivity contribution in [3.63, 3.8) is 0 Å². The fourth-order valence-electron chi connectivity index (χ4n) is 3.90. The van der Waals surface area contributed by atoms with Crippen molar-refractivity contribution in [3.05, 3.63) is 101 Å². The van der Waals surface area contributed by atoms with E-state index in [4.69, 9.17) is 0 Å². The van der Waals surface area contributed by atoms with Crippen LogP contribution >= 0.6 is 0 Å². The van der Waals surface area contributed by atoms with Crippen molar-refractivity contribution in [2.24, 2.45) is 0 Å². The molecule has 0 radical (unpaired) electrons. The van der Waals surface area contributed by atoms with Gasteiger partial charge in [-0.25, -0.2) is 4.90 Å². The average Bonchev–Trinajstić information content (AvgIpc) is 3.00. The Hall–Kier alpha value is -3.66. The van der Waals surface area contributed by atoms with Gasteiger partial charge < -0.3 is 5.32 Å².